The van der Waals surface area contributed by atoms with E-state index in [1.807, 2.05) is 37.3 Å². The quantitative estimate of drug-likeness (QED) is 0.838. The summed E-state index contributed by atoms with van der Waals surface area (Å²) in [6.45, 7) is 4.15. The van der Waals surface area contributed by atoms with Gasteiger partial charge in [0.2, 0.25) is 11.8 Å². The molecule has 0 aliphatic carbocycles. The van der Waals surface area contributed by atoms with Gasteiger partial charge in [0.15, 0.2) is 0 Å². The Hall–Kier alpha value is -2.69. The Morgan fingerprint density at radius 1 is 1.08 bits per heavy atom. The summed E-state index contributed by atoms with van der Waals surface area (Å²) >= 11 is 0. The molecule has 2 rings (SSSR count). The third kappa shape index (κ3) is 5.71. The number of carbonyl (C=O) groups is 2. The summed E-state index contributed by atoms with van der Waals surface area (Å²) in [6, 6.07) is 15.6. The lowest BCUT2D eigenvalue weighted by molar-refractivity contribution is -0.131. The molecule has 1 N–H and O–H groups in total. The average molecular weight is 342 g/mol. The van der Waals surface area contributed by atoms with Crippen molar-refractivity contribution in [2.45, 2.75) is 32.9 Å². The molecule has 2 aromatic rings. The maximum absolute atomic E-state index is 12.9. The zero-order chi connectivity index (χ0) is 18.2. The van der Waals surface area contributed by atoms with Crippen molar-refractivity contribution in [3.8, 4) is 0 Å². The highest BCUT2D eigenvalue weighted by Gasteiger charge is 2.19. The first kappa shape index (κ1) is 18.6. The van der Waals surface area contributed by atoms with Crippen molar-refractivity contribution < 1.29 is 14.0 Å². The fourth-order valence-electron chi connectivity index (χ4n) is 2.65. The molecule has 0 aliphatic rings. The van der Waals surface area contributed by atoms with Crippen LogP contribution in [0, 0.1) is 5.82 Å². The molecular weight excluding hydrogens is 319 g/mol. The lowest BCUT2D eigenvalue weighted by Gasteiger charge is -2.28. The van der Waals surface area contributed by atoms with Crippen LogP contribution in [0.5, 0.6) is 0 Å². The third-order valence-electron chi connectivity index (χ3n) is 4.14. The molecule has 2 amide bonds. The van der Waals surface area contributed by atoms with Crippen LogP contribution >= 0.6 is 0 Å². The van der Waals surface area contributed by atoms with Crippen molar-refractivity contribution in [2.75, 3.05) is 6.54 Å². The molecule has 1 atom stereocenters. The molecule has 4 nitrogen and oxygen atoms in total. The molecule has 0 aromatic heterocycles. The van der Waals surface area contributed by atoms with Crippen LogP contribution in [0.15, 0.2) is 54.6 Å². The predicted octanol–water partition coefficient (Wildman–Crippen LogP) is 3.44. The molecule has 5 heteroatoms. The van der Waals surface area contributed by atoms with Gasteiger partial charge in [-0.2, -0.15) is 0 Å². The highest BCUT2D eigenvalue weighted by molar-refractivity contribution is 5.78. The van der Waals surface area contributed by atoms with E-state index in [0.717, 1.165) is 11.1 Å². The number of hydrogen-bond acceptors (Lipinski definition) is 2. The van der Waals surface area contributed by atoms with E-state index in [1.165, 1.54) is 19.1 Å². The van der Waals surface area contributed by atoms with Crippen LogP contribution in [0.2, 0.25) is 0 Å². The first-order valence-corrected chi connectivity index (χ1v) is 8.30. The van der Waals surface area contributed by atoms with Crippen molar-refractivity contribution >= 4 is 11.8 Å². The van der Waals surface area contributed by atoms with E-state index in [2.05, 4.69) is 5.32 Å². The van der Waals surface area contributed by atoms with Gasteiger partial charge in [0.1, 0.15) is 5.82 Å². The van der Waals surface area contributed by atoms with Crippen LogP contribution in [0.25, 0.3) is 0 Å². The summed E-state index contributed by atoms with van der Waals surface area (Å²) in [5.74, 6) is -0.513. The molecule has 25 heavy (non-hydrogen) atoms. The Bertz CT molecular complexity index is 701. The van der Waals surface area contributed by atoms with Crippen molar-refractivity contribution in [3.05, 3.63) is 71.5 Å². The molecule has 0 spiro atoms. The molecule has 0 fully saturated rings. The number of nitrogens with one attached hydrogen (secondary N) is 1. The fraction of sp³-hybridized carbons (Fsp3) is 0.300. The van der Waals surface area contributed by atoms with Crippen molar-refractivity contribution in [1.29, 1.82) is 0 Å². The SMILES string of the molecule is CC(=O)N(CCC(=O)NCc1ccc(F)cc1)C(C)c1ccccc1. The second kappa shape index (κ2) is 8.97. The number of carbonyl (C=O) groups excluding carboxylic acids is 2. The van der Waals surface area contributed by atoms with Gasteiger partial charge in [-0.15, -0.1) is 0 Å². The van der Waals surface area contributed by atoms with Gasteiger partial charge in [0.25, 0.3) is 0 Å². The minimum Gasteiger partial charge on any atom is -0.352 e. The topological polar surface area (TPSA) is 49.4 Å². The summed E-state index contributed by atoms with van der Waals surface area (Å²) in [5, 5.41) is 2.79. The van der Waals surface area contributed by atoms with Crippen LogP contribution in [-0.4, -0.2) is 23.3 Å². The van der Waals surface area contributed by atoms with E-state index < -0.39 is 0 Å². The fourth-order valence-corrected chi connectivity index (χ4v) is 2.65. The minimum absolute atomic E-state index is 0.0670. The molecule has 0 aliphatic heterocycles. The van der Waals surface area contributed by atoms with Gasteiger partial charge in [-0.05, 0) is 30.2 Å². The molecular formula is C20H23FN2O2. The third-order valence-corrected chi connectivity index (χ3v) is 4.14. The smallest absolute Gasteiger partial charge is 0.222 e. The largest absolute Gasteiger partial charge is 0.352 e. The highest BCUT2D eigenvalue weighted by atomic mass is 19.1. The van der Waals surface area contributed by atoms with Crippen LogP contribution < -0.4 is 5.32 Å². The number of nitrogens with zero attached hydrogens (tertiary/aromatic N) is 1. The first-order chi connectivity index (χ1) is 12.0. The highest BCUT2D eigenvalue weighted by Crippen LogP contribution is 2.20. The summed E-state index contributed by atoms with van der Waals surface area (Å²) in [5.41, 5.74) is 1.86. The summed E-state index contributed by atoms with van der Waals surface area (Å²) in [7, 11) is 0. The second-order valence-electron chi connectivity index (χ2n) is 5.95. The van der Waals surface area contributed by atoms with Crippen molar-refractivity contribution in [1.82, 2.24) is 10.2 Å². The Balaban J connectivity index is 1.86. The standard InChI is InChI=1S/C20H23FN2O2/c1-15(18-6-4-3-5-7-18)23(16(2)24)13-12-20(25)22-14-17-8-10-19(21)11-9-17/h3-11,15H,12-14H2,1-2H3,(H,22,25). The van der Waals surface area contributed by atoms with Crippen LogP contribution in [0.3, 0.4) is 0 Å². The number of rotatable bonds is 7. The molecule has 0 saturated carbocycles. The Kier molecular flexibility index (Phi) is 6.69. The minimum atomic E-state index is -0.304. The lowest BCUT2D eigenvalue weighted by Crippen LogP contribution is -2.35. The number of halogens is 1. The maximum atomic E-state index is 12.9. The van der Waals surface area contributed by atoms with E-state index in [1.54, 1.807) is 17.0 Å². The van der Waals surface area contributed by atoms with Crippen LogP contribution in [-0.2, 0) is 16.1 Å². The first-order valence-electron chi connectivity index (χ1n) is 8.30. The van der Waals surface area contributed by atoms with E-state index in [0.29, 0.717) is 13.1 Å². The van der Waals surface area contributed by atoms with Crippen molar-refractivity contribution in [2.24, 2.45) is 0 Å². The average Bonchev–Trinajstić information content (AvgIpc) is 2.61. The Morgan fingerprint density at radius 2 is 1.72 bits per heavy atom. The van der Waals surface area contributed by atoms with Crippen LogP contribution in [0.4, 0.5) is 4.39 Å². The van der Waals surface area contributed by atoms with Crippen LogP contribution in [0.1, 0.15) is 37.4 Å². The monoisotopic (exact) mass is 342 g/mol. The van der Waals surface area contributed by atoms with Gasteiger partial charge in [0, 0.05) is 26.4 Å². The van der Waals surface area contributed by atoms with Gasteiger partial charge < -0.3 is 10.2 Å². The van der Waals surface area contributed by atoms with E-state index in [-0.39, 0.29) is 30.1 Å². The normalized spacial score (nSPS) is 11.6. The molecule has 0 heterocycles. The Labute approximate surface area is 147 Å². The summed E-state index contributed by atoms with van der Waals surface area (Å²) in [4.78, 5) is 25.7. The predicted molar refractivity (Wildman–Crippen MR) is 95.1 cm³/mol. The second-order valence-corrected chi connectivity index (χ2v) is 5.95. The molecule has 0 saturated heterocycles. The molecule has 2 aromatic carbocycles. The number of hydrogen-bond donors (Lipinski definition) is 1. The molecule has 1 unspecified atom stereocenters. The molecule has 0 bridgehead atoms. The van der Waals surface area contributed by atoms with Crippen molar-refractivity contribution in [3.63, 3.8) is 0 Å². The number of amides is 2. The van der Waals surface area contributed by atoms with Gasteiger partial charge in [-0.3, -0.25) is 9.59 Å². The maximum Gasteiger partial charge on any atom is 0.222 e. The molecule has 132 valence electrons. The lowest BCUT2D eigenvalue weighted by atomic mass is 10.1. The molecule has 0 radical (unpaired) electrons. The number of benzene rings is 2. The van der Waals surface area contributed by atoms with Gasteiger partial charge in [0.05, 0.1) is 6.04 Å². The zero-order valence-electron chi connectivity index (χ0n) is 14.5. The Morgan fingerprint density at radius 3 is 2.32 bits per heavy atom. The van der Waals surface area contributed by atoms with Gasteiger partial charge in [-0.25, -0.2) is 4.39 Å². The summed E-state index contributed by atoms with van der Waals surface area (Å²) < 4.78 is 12.9. The zero-order valence-corrected chi connectivity index (χ0v) is 14.5. The van der Waals surface area contributed by atoms with E-state index in [4.69, 9.17) is 0 Å². The summed E-state index contributed by atoms with van der Waals surface area (Å²) in [6.07, 6.45) is 0.220. The van der Waals surface area contributed by atoms with Gasteiger partial charge >= 0.3 is 0 Å². The van der Waals surface area contributed by atoms with Gasteiger partial charge in [-0.1, -0.05) is 42.5 Å². The van der Waals surface area contributed by atoms with E-state index in [9.17, 15) is 14.0 Å². The van der Waals surface area contributed by atoms with E-state index >= 15 is 0 Å².